The topological polar surface area (TPSA) is 58.3 Å². The zero-order valence-corrected chi connectivity index (χ0v) is 13.7. The molecule has 1 aliphatic heterocycles. The van der Waals surface area contributed by atoms with Crippen LogP contribution in [-0.2, 0) is 5.41 Å². The lowest BCUT2D eigenvalue weighted by Gasteiger charge is -2.36. The molecule has 0 bridgehead atoms. The summed E-state index contributed by atoms with van der Waals surface area (Å²) < 4.78 is 0. The monoisotopic (exact) mass is 289 g/mol. The predicted octanol–water partition coefficient (Wildman–Crippen LogP) is 1.95. The van der Waals surface area contributed by atoms with Gasteiger partial charge in [0, 0.05) is 43.2 Å². The molecule has 2 N–H and O–H groups in total. The zero-order valence-electron chi connectivity index (χ0n) is 13.7. The van der Waals surface area contributed by atoms with E-state index >= 15 is 0 Å². The molecule has 1 saturated carbocycles. The minimum Gasteiger partial charge on any atom is -0.383 e. The fourth-order valence-electron chi connectivity index (χ4n) is 2.90. The van der Waals surface area contributed by atoms with Gasteiger partial charge < -0.3 is 10.6 Å². The van der Waals surface area contributed by atoms with E-state index in [0.29, 0.717) is 5.82 Å². The van der Waals surface area contributed by atoms with Gasteiger partial charge in [0.1, 0.15) is 17.5 Å². The van der Waals surface area contributed by atoms with Crippen LogP contribution in [0.15, 0.2) is 0 Å². The van der Waals surface area contributed by atoms with E-state index in [9.17, 15) is 0 Å². The Balaban J connectivity index is 1.82. The summed E-state index contributed by atoms with van der Waals surface area (Å²) in [5.74, 6) is 2.49. The first-order chi connectivity index (χ1) is 9.86. The molecule has 0 amide bonds. The molecule has 21 heavy (non-hydrogen) atoms. The number of hydrogen-bond donors (Lipinski definition) is 1. The average Bonchev–Trinajstić information content (AvgIpc) is 3.25. The van der Waals surface area contributed by atoms with Crippen LogP contribution in [0.4, 0.5) is 11.6 Å². The van der Waals surface area contributed by atoms with Crippen molar-refractivity contribution >= 4 is 11.6 Å². The lowest BCUT2D eigenvalue weighted by atomic mass is 9.95. The molecule has 3 rings (SSSR count). The second-order valence-electron chi connectivity index (χ2n) is 7.39. The van der Waals surface area contributed by atoms with Crippen LogP contribution in [0.2, 0.25) is 0 Å². The third-order valence-electron chi connectivity index (χ3n) is 4.51. The van der Waals surface area contributed by atoms with E-state index in [1.807, 2.05) is 6.92 Å². The second kappa shape index (κ2) is 5.13. The number of anilines is 2. The minimum absolute atomic E-state index is 0.0770. The Hall–Kier alpha value is -1.36. The van der Waals surface area contributed by atoms with Gasteiger partial charge >= 0.3 is 0 Å². The van der Waals surface area contributed by atoms with Gasteiger partial charge in [-0.25, -0.2) is 9.97 Å². The van der Waals surface area contributed by atoms with Crippen LogP contribution in [0.5, 0.6) is 0 Å². The van der Waals surface area contributed by atoms with Crippen LogP contribution in [0.3, 0.4) is 0 Å². The van der Waals surface area contributed by atoms with Gasteiger partial charge in [-0.3, -0.25) is 4.90 Å². The Kier molecular flexibility index (Phi) is 3.56. The fraction of sp³-hybridized carbons (Fsp3) is 0.750. The summed E-state index contributed by atoms with van der Waals surface area (Å²) in [5, 5.41) is 0. The van der Waals surface area contributed by atoms with Gasteiger partial charge in [-0.05, 0) is 19.8 Å². The highest BCUT2D eigenvalue weighted by atomic mass is 15.3. The summed E-state index contributed by atoms with van der Waals surface area (Å²) in [6.07, 6.45) is 2.77. The van der Waals surface area contributed by atoms with Crippen molar-refractivity contribution in [2.24, 2.45) is 0 Å². The summed E-state index contributed by atoms with van der Waals surface area (Å²) >= 11 is 0. The van der Waals surface area contributed by atoms with Gasteiger partial charge in [0.15, 0.2) is 0 Å². The number of nitrogens with two attached hydrogens (primary N) is 1. The highest BCUT2D eigenvalue weighted by Gasteiger charge is 2.32. The summed E-state index contributed by atoms with van der Waals surface area (Å²) in [7, 11) is 0. The first-order valence-electron chi connectivity index (χ1n) is 8.00. The molecule has 0 radical (unpaired) electrons. The van der Waals surface area contributed by atoms with Crippen molar-refractivity contribution in [3.05, 3.63) is 11.4 Å². The van der Waals surface area contributed by atoms with Crippen LogP contribution >= 0.6 is 0 Å². The van der Waals surface area contributed by atoms with E-state index in [-0.39, 0.29) is 5.41 Å². The largest absolute Gasteiger partial charge is 0.383 e. The molecular formula is C16H27N5. The average molecular weight is 289 g/mol. The van der Waals surface area contributed by atoms with E-state index < -0.39 is 0 Å². The van der Waals surface area contributed by atoms with Gasteiger partial charge in [-0.1, -0.05) is 20.8 Å². The zero-order chi connectivity index (χ0) is 15.2. The Bertz CT molecular complexity index is 522. The quantitative estimate of drug-likeness (QED) is 0.902. The van der Waals surface area contributed by atoms with E-state index in [0.717, 1.165) is 49.4 Å². The number of rotatable bonds is 2. The molecule has 0 unspecified atom stereocenters. The first kappa shape index (κ1) is 14.6. The Morgan fingerprint density at radius 3 is 2.19 bits per heavy atom. The molecule has 0 atom stereocenters. The molecule has 2 heterocycles. The molecule has 5 heteroatoms. The van der Waals surface area contributed by atoms with Gasteiger partial charge in [0.2, 0.25) is 0 Å². The predicted molar refractivity (Wildman–Crippen MR) is 86.7 cm³/mol. The van der Waals surface area contributed by atoms with Crippen molar-refractivity contribution in [2.45, 2.75) is 52.0 Å². The molecule has 1 saturated heterocycles. The Morgan fingerprint density at radius 1 is 1.05 bits per heavy atom. The van der Waals surface area contributed by atoms with Crippen molar-refractivity contribution in [3.63, 3.8) is 0 Å². The van der Waals surface area contributed by atoms with Crippen LogP contribution < -0.4 is 10.6 Å². The Morgan fingerprint density at radius 2 is 1.67 bits per heavy atom. The van der Waals surface area contributed by atoms with Gasteiger partial charge in [0.25, 0.3) is 0 Å². The van der Waals surface area contributed by atoms with Crippen LogP contribution in [0, 0.1) is 6.92 Å². The van der Waals surface area contributed by atoms with Crippen molar-refractivity contribution in [1.29, 1.82) is 0 Å². The summed E-state index contributed by atoms with van der Waals surface area (Å²) in [6, 6.07) is 0.855. The minimum atomic E-state index is -0.0770. The maximum absolute atomic E-state index is 6.12. The van der Waals surface area contributed by atoms with E-state index in [1.165, 1.54) is 12.8 Å². The number of piperazine rings is 1. The van der Waals surface area contributed by atoms with Crippen LogP contribution in [0.1, 0.15) is 45.0 Å². The molecule has 0 aromatic carbocycles. The number of hydrogen-bond acceptors (Lipinski definition) is 5. The summed E-state index contributed by atoms with van der Waals surface area (Å²) in [5.41, 5.74) is 7.06. The lowest BCUT2D eigenvalue weighted by molar-refractivity contribution is 0.247. The Labute approximate surface area is 127 Å². The van der Waals surface area contributed by atoms with Crippen LogP contribution in [-0.4, -0.2) is 47.1 Å². The maximum Gasteiger partial charge on any atom is 0.138 e. The van der Waals surface area contributed by atoms with Crippen molar-refractivity contribution in [2.75, 3.05) is 36.8 Å². The smallest absolute Gasteiger partial charge is 0.138 e. The summed E-state index contributed by atoms with van der Waals surface area (Å²) in [4.78, 5) is 14.3. The van der Waals surface area contributed by atoms with Crippen molar-refractivity contribution < 1.29 is 0 Å². The SMILES string of the molecule is Cc1c(N)nc(C(C)(C)C)nc1N1CCN(C2CC2)CC1. The van der Waals surface area contributed by atoms with Crippen molar-refractivity contribution in [1.82, 2.24) is 14.9 Å². The number of nitrogen functional groups attached to an aromatic ring is 1. The van der Waals surface area contributed by atoms with Gasteiger partial charge in [-0.2, -0.15) is 0 Å². The van der Waals surface area contributed by atoms with E-state index in [4.69, 9.17) is 10.7 Å². The standard InChI is InChI=1S/C16H27N5/c1-11-13(17)18-15(16(2,3)4)19-14(11)21-9-7-20(8-10-21)12-5-6-12/h12H,5-10H2,1-4H3,(H2,17,18,19). The molecule has 116 valence electrons. The molecule has 1 aromatic heterocycles. The third kappa shape index (κ3) is 2.98. The van der Waals surface area contributed by atoms with Crippen LogP contribution in [0.25, 0.3) is 0 Å². The van der Waals surface area contributed by atoms with Crippen molar-refractivity contribution in [3.8, 4) is 0 Å². The first-order valence-corrected chi connectivity index (χ1v) is 8.00. The fourth-order valence-corrected chi connectivity index (χ4v) is 2.90. The third-order valence-corrected chi connectivity index (χ3v) is 4.51. The molecular weight excluding hydrogens is 262 g/mol. The number of nitrogens with zero attached hydrogens (tertiary/aromatic N) is 4. The van der Waals surface area contributed by atoms with Gasteiger partial charge in [0.05, 0.1) is 0 Å². The highest BCUT2D eigenvalue weighted by molar-refractivity contribution is 5.57. The molecule has 5 nitrogen and oxygen atoms in total. The highest BCUT2D eigenvalue weighted by Crippen LogP contribution is 2.30. The molecule has 0 spiro atoms. The second-order valence-corrected chi connectivity index (χ2v) is 7.39. The van der Waals surface area contributed by atoms with Gasteiger partial charge in [-0.15, -0.1) is 0 Å². The van der Waals surface area contributed by atoms with E-state index in [2.05, 4.69) is 35.6 Å². The normalized spacial score (nSPS) is 20.9. The maximum atomic E-state index is 6.12. The van der Waals surface area contributed by atoms with E-state index in [1.54, 1.807) is 0 Å². The molecule has 1 aromatic rings. The number of aromatic nitrogens is 2. The summed E-state index contributed by atoms with van der Waals surface area (Å²) in [6.45, 7) is 12.8. The molecule has 2 aliphatic rings. The lowest BCUT2D eigenvalue weighted by Crippen LogP contribution is -2.48. The molecule has 1 aliphatic carbocycles. The molecule has 2 fully saturated rings.